The molecule has 1 rings (SSSR count). The van der Waals surface area contributed by atoms with E-state index in [0.717, 1.165) is 32.1 Å². The Morgan fingerprint density at radius 2 is 1.88 bits per heavy atom. The Hall–Kier alpha value is 0.0931. The molecule has 0 amide bonds. The minimum atomic E-state index is 0. The molecule has 1 N–H and O–H groups in total. The number of allylic oxidation sites excluding steroid dienone is 2. The monoisotopic (exact) mass is 314 g/mol. The fraction of sp³-hybridized carbons (Fsp3) is 0.786. The molecule has 1 saturated carbocycles. The maximum Gasteiger partial charge on any atom is 0.162 e. The predicted octanol–water partition coefficient (Wildman–Crippen LogP) is 4.16. The van der Waals surface area contributed by atoms with Gasteiger partial charge in [0.25, 0.3) is 0 Å². The normalized spacial score (nSPS) is 17.6. The summed E-state index contributed by atoms with van der Waals surface area (Å²) < 4.78 is 0. The van der Waals surface area contributed by atoms with Crippen LogP contribution in [0.2, 0.25) is 0 Å². The molecule has 0 aromatic rings. The van der Waals surface area contributed by atoms with Gasteiger partial charge in [-0.25, -0.2) is 0 Å². The molecule has 0 saturated heterocycles. The maximum absolute atomic E-state index is 11.8. The van der Waals surface area contributed by atoms with E-state index in [4.69, 9.17) is 0 Å². The van der Waals surface area contributed by atoms with E-state index < -0.39 is 0 Å². The molecule has 0 spiro atoms. The van der Waals surface area contributed by atoms with E-state index in [1.165, 1.54) is 25.3 Å². The van der Waals surface area contributed by atoms with Crippen LogP contribution in [0.1, 0.15) is 64.7 Å². The summed E-state index contributed by atoms with van der Waals surface area (Å²) in [5.41, 5.74) is 0. The van der Waals surface area contributed by atoms with E-state index in [2.05, 4.69) is 6.92 Å². The fourth-order valence-corrected chi connectivity index (χ4v) is 2.30. The summed E-state index contributed by atoms with van der Waals surface area (Å²) in [5.74, 6) is 0.611. The van der Waals surface area contributed by atoms with Crippen LogP contribution in [-0.2, 0) is 31.0 Å². The zero-order chi connectivity index (χ0) is 11.8. The molecule has 1 aliphatic carbocycles. The first-order valence-corrected chi connectivity index (χ1v) is 6.67. The number of rotatable bonds is 6. The summed E-state index contributed by atoms with van der Waals surface area (Å²) in [7, 11) is 0. The molecule has 1 aliphatic rings. The van der Waals surface area contributed by atoms with Gasteiger partial charge in [-0.15, -0.1) is 0 Å². The van der Waals surface area contributed by atoms with Gasteiger partial charge >= 0.3 is 0 Å². The smallest absolute Gasteiger partial charge is 0.162 e. The Kier molecular flexibility index (Phi) is 10.1. The van der Waals surface area contributed by atoms with Crippen molar-refractivity contribution >= 4 is 5.78 Å². The zero-order valence-electron chi connectivity index (χ0n) is 10.9. The number of hydrogen-bond donors (Lipinski definition) is 1. The SMILES string of the molecule is CCCCC/C(O)=C/C(=O)C1CCCCC1.[Zr]. The van der Waals surface area contributed by atoms with E-state index in [1.807, 2.05) is 0 Å². The van der Waals surface area contributed by atoms with Crippen molar-refractivity contribution in [3.63, 3.8) is 0 Å². The third kappa shape index (κ3) is 7.18. The number of carbonyl (C=O) groups is 1. The predicted molar refractivity (Wildman–Crippen MR) is 66.4 cm³/mol. The van der Waals surface area contributed by atoms with Crippen LogP contribution in [0.5, 0.6) is 0 Å². The van der Waals surface area contributed by atoms with Crippen molar-refractivity contribution in [3.05, 3.63) is 11.8 Å². The summed E-state index contributed by atoms with van der Waals surface area (Å²) in [6.07, 6.45) is 11.0. The van der Waals surface area contributed by atoms with Gasteiger partial charge in [0.15, 0.2) is 5.78 Å². The molecule has 0 bridgehead atoms. The summed E-state index contributed by atoms with van der Waals surface area (Å²) in [5, 5.41) is 9.62. The number of carbonyl (C=O) groups excluding carboxylic acids is 1. The van der Waals surface area contributed by atoms with Crippen LogP contribution in [0.3, 0.4) is 0 Å². The molecule has 0 atom stereocenters. The van der Waals surface area contributed by atoms with E-state index >= 15 is 0 Å². The van der Waals surface area contributed by atoms with Crippen LogP contribution in [0.4, 0.5) is 0 Å². The van der Waals surface area contributed by atoms with Crippen LogP contribution >= 0.6 is 0 Å². The topological polar surface area (TPSA) is 37.3 Å². The molecule has 0 aliphatic heterocycles. The van der Waals surface area contributed by atoms with Crippen LogP contribution in [-0.4, -0.2) is 10.9 Å². The summed E-state index contributed by atoms with van der Waals surface area (Å²) in [6.45, 7) is 2.13. The van der Waals surface area contributed by atoms with E-state index in [-0.39, 0.29) is 43.7 Å². The molecule has 0 radical (unpaired) electrons. The first-order valence-electron chi connectivity index (χ1n) is 6.67. The van der Waals surface area contributed by atoms with Crippen molar-refractivity contribution in [2.24, 2.45) is 5.92 Å². The van der Waals surface area contributed by atoms with Crippen molar-refractivity contribution < 1.29 is 36.1 Å². The molecule has 3 heteroatoms. The Balaban J connectivity index is 0.00000256. The van der Waals surface area contributed by atoms with Gasteiger partial charge in [0, 0.05) is 44.6 Å². The first kappa shape index (κ1) is 17.1. The van der Waals surface area contributed by atoms with Gasteiger partial charge in [-0.1, -0.05) is 39.0 Å². The molecule has 0 unspecified atom stereocenters. The summed E-state index contributed by atoms with van der Waals surface area (Å²) in [4.78, 5) is 11.8. The molecule has 2 nitrogen and oxygen atoms in total. The minimum Gasteiger partial charge on any atom is -0.512 e. The standard InChI is InChI=1S/C14H24O2.Zr/c1-2-3-5-10-13(15)11-14(16)12-8-6-4-7-9-12;/h11-12,15H,2-10H2,1H3;/b13-11-;. The molecular formula is C14H24O2Zr. The van der Waals surface area contributed by atoms with Gasteiger partial charge in [-0.3, -0.25) is 4.79 Å². The van der Waals surface area contributed by atoms with Crippen molar-refractivity contribution in [2.45, 2.75) is 64.7 Å². The number of aliphatic hydroxyl groups is 1. The number of ketones is 1. The van der Waals surface area contributed by atoms with Crippen molar-refractivity contribution in [1.82, 2.24) is 0 Å². The number of unbranched alkanes of at least 4 members (excludes halogenated alkanes) is 2. The van der Waals surface area contributed by atoms with Gasteiger partial charge in [0.2, 0.25) is 0 Å². The Morgan fingerprint density at radius 1 is 1.24 bits per heavy atom. The second-order valence-electron chi connectivity index (χ2n) is 4.83. The average Bonchev–Trinajstić information content (AvgIpc) is 2.30. The summed E-state index contributed by atoms with van der Waals surface area (Å²) >= 11 is 0. The Bertz CT molecular complexity index is 243. The van der Waals surface area contributed by atoms with Crippen LogP contribution in [0.15, 0.2) is 11.8 Å². The molecular weight excluding hydrogens is 291 g/mol. The second-order valence-corrected chi connectivity index (χ2v) is 4.83. The quantitative estimate of drug-likeness (QED) is 0.454. The fourth-order valence-electron chi connectivity index (χ4n) is 2.30. The van der Waals surface area contributed by atoms with Gasteiger partial charge in [0.1, 0.15) is 0 Å². The molecule has 0 heterocycles. The van der Waals surface area contributed by atoms with Gasteiger partial charge in [-0.2, -0.15) is 0 Å². The Labute approximate surface area is 124 Å². The van der Waals surface area contributed by atoms with E-state index in [9.17, 15) is 9.90 Å². The Morgan fingerprint density at radius 3 is 2.47 bits per heavy atom. The molecule has 96 valence electrons. The van der Waals surface area contributed by atoms with E-state index in [0.29, 0.717) is 6.42 Å². The molecule has 17 heavy (non-hydrogen) atoms. The number of hydrogen-bond acceptors (Lipinski definition) is 2. The third-order valence-electron chi connectivity index (χ3n) is 3.35. The van der Waals surface area contributed by atoms with Crippen LogP contribution in [0.25, 0.3) is 0 Å². The van der Waals surface area contributed by atoms with Gasteiger partial charge in [-0.05, 0) is 19.3 Å². The van der Waals surface area contributed by atoms with Crippen molar-refractivity contribution in [3.8, 4) is 0 Å². The van der Waals surface area contributed by atoms with E-state index in [1.54, 1.807) is 0 Å². The third-order valence-corrected chi connectivity index (χ3v) is 3.35. The zero-order valence-corrected chi connectivity index (χ0v) is 13.3. The van der Waals surface area contributed by atoms with Gasteiger partial charge in [0.05, 0.1) is 5.76 Å². The largest absolute Gasteiger partial charge is 0.512 e. The van der Waals surface area contributed by atoms with Crippen LogP contribution in [0, 0.1) is 5.92 Å². The van der Waals surface area contributed by atoms with Crippen molar-refractivity contribution in [1.29, 1.82) is 0 Å². The van der Waals surface area contributed by atoms with Gasteiger partial charge < -0.3 is 5.11 Å². The van der Waals surface area contributed by atoms with Crippen LogP contribution < -0.4 is 0 Å². The second kappa shape index (κ2) is 10.1. The average molecular weight is 316 g/mol. The minimum absolute atomic E-state index is 0. The first-order chi connectivity index (χ1) is 7.74. The molecule has 0 aromatic carbocycles. The summed E-state index contributed by atoms with van der Waals surface area (Å²) in [6, 6.07) is 0. The molecule has 1 fully saturated rings. The van der Waals surface area contributed by atoms with Crippen molar-refractivity contribution in [2.75, 3.05) is 0 Å². The maximum atomic E-state index is 11.8. The molecule has 0 aromatic heterocycles. The number of aliphatic hydroxyl groups excluding tert-OH is 1.